The molecule has 3 atom stereocenters. The molecule has 26 heavy (non-hydrogen) atoms. The van der Waals surface area contributed by atoms with Gasteiger partial charge in [0.2, 0.25) is 0 Å². The van der Waals surface area contributed by atoms with Crippen LogP contribution in [0.25, 0.3) is 21.9 Å². The van der Waals surface area contributed by atoms with Gasteiger partial charge in [-0.1, -0.05) is 25.5 Å². The molecule has 1 aliphatic rings. The Morgan fingerprint density at radius 1 is 1.38 bits per heavy atom. The summed E-state index contributed by atoms with van der Waals surface area (Å²) in [6.07, 6.45) is 6.57. The van der Waals surface area contributed by atoms with Gasteiger partial charge in [0.25, 0.3) is 5.56 Å². The molecule has 0 bridgehead atoms. The fraction of sp³-hybridized carbons (Fsp3) is 0.350. The van der Waals surface area contributed by atoms with Gasteiger partial charge in [0.05, 0.1) is 0 Å². The molecule has 0 radical (unpaired) electrons. The average molecular weight is 352 g/mol. The maximum absolute atomic E-state index is 13.5. The monoisotopic (exact) mass is 352 g/mol. The second-order valence-electron chi connectivity index (χ2n) is 7.33. The van der Waals surface area contributed by atoms with Gasteiger partial charge in [-0.15, -0.1) is 0 Å². The predicted octanol–water partition coefficient (Wildman–Crippen LogP) is 4.09. The number of H-pyrrole nitrogens is 1. The summed E-state index contributed by atoms with van der Waals surface area (Å²) in [5.41, 5.74) is 2.61. The third-order valence-electron chi connectivity index (χ3n) is 5.27. The molecule has 0 aliphatic heterocycles. The first-order chi connectivity index (χ1) is 12.4. The normalized spacial score (nSPS) is 23.8. The number of halogens is 1. The van der Waals surface area contributed by atoms with Crippen LogP contribution >= 0.6 is 0 Å². The molecule has 0 amide bonds. The lowest BCUT2D eigenvalue weighted by molar-refractivity contribution is 0.361. The van der Waals surface area contributed by atoms with Crippen molar-refractivity contribution in [3.63, 3.8) is 0 Å². The van der Waals surface area contributed by atoms with E-state index in [1.54, 1.807) is 6.07 Å². The summed E-state index contributed by atoms with van der Waals surface area (Å²) >= 11 is 0. The number of aromatic nitrogens is 3. The molecule has 1 aliphatic carbocycles. The van der Waals surface area contributed by atoms with Crippen molar-refractivity contribution in [3.05, 3.63) is 52.3 Å². The number of fused-ring (bicyclic) bond motifs is 3. The highest BCUT2D eigenvalue weighted by Crippen LogP contribution is 2.32. The zero-order valence-corrected chi connectivity index (χ0v) is 15.0. The van der Waals surface area contributed by atoms with Crippen LogP contribution in [0.2, 0.25) is 0 Å². The summed E-state index contributed by atoms with van der Waals surface area (Å²) in [6, 6.07) is 4.35. The Morgan fingerprint density at radius 3 is 2.96 bits per heavy atom. The van der Waals surface area contributed by atoms with E-state index in [2.05, 4.69) is 41.9 Å². The van der Waals surface area contributed by atoms with Crippen molar-refractivity contribution >= 4 is 28.2 Å². The van der Waals surface area contributed by atoms with Crippen LogP contribution in [0.15, 0.2) is 46.1 Å². The van der Waals surface area contributed by atoms with Crippen LogP contribution in [-0.4, -0.2) is 20.9 Å². The lowest BCUT2D eigenvalue weighted by Crippen LogP contribution is -2.26. The van der Waals surface area contributed by atoms with Crippen LogP contribution in [0.4, 0.5) is 4.39 Å². The third kappa shape index (κ3) is 2.75. The zero-order valence-electron chi connectivity index (χ0n) is 15.0. The van der Waals surface area contributed by atoms with Gasteiger partial charge in [-0.3, -0.25) is 4.79 Å². The molecule has 2 aromatic heterocycles. The molecule has 2 heterocycles. The second kappa shape index (κ2) is 6.20. The second-order valence-corrected chi connectivity index (χ2v) is 7.33. The molecule has 0 saturated carbocycles. The summed E-state index contributed by atoms with van der Waals surface area (Å²) in [6.45, 7) is 6.54. The van der Waals surface area contributed by atoms with E-state index in [-0.39, 0.29) is 17.3 Å². The van der Waals surface area contributed by atoms with E-state index in [9.17, 15) is 9.18 Å². The first kappa shape index (κ1) is 16.7. The lowest BCUT2D eigenvalue weighted by Gasteiger charge is -2.29. The number of nitrogens with one attached hydrogen (secondary N) is 1. The van der Waals surface area contributed by atoms with Crippen molar-refractivity contribution in [1.29, 1.82) is 0 Å². The highest BCUT2D eigenvalue weighted by atomic mass is 19.1. The Kier molecular flexibility index (Phi) is 3.98. The van der Waals surface area contributed by atoms with Crippen molar-refractivity contribution in [2.45, 2.75) is 27.2 Å². The summed E-state index contributed by atoms with van der Waals surface area (Å²) < 4.78 is 14.7. The third-order valence-corrected chi connectivity index (χ3v) is 5.27. The Bertz CT molecular complexity index is 1110. The molecule has 6 heteroatoms. The molecule has 0 fully saturated rings. The van der Waals surface area contributed by atoms with Gasteiger partial charge in [-0.25, -0.2) is 9.37 Å². The van der Waals surface area contributed by atoms with Gasteiger partial charge in [-0.2, -0.15) is 9.78 Å². The number of benzene rings is 1. The van der Waals surface area contributed by atoms with Gasteiger partial charge in [0, 0.05) is 23.0 Å². The van der Waals surface area contributed by atoms with Crippen LogP contribution in [0.5, 0.6) is 0 Å². The molecular formula is C20H21FN4O. The fourth-order valence-electron chi connectivity index (χ4n) is 4.02. The van der Waals surface area contributed by atoms with Crippen LogP contribution in [0.3, 0.4) is 0 Å². The van der Waals surface area contributed by atoms with Crippen LogP contribution in [0, 0.1) is 23.6 Å². The van der Waals surface area contributed by atoms with E-state index >= 15 is 0 Å². The lowest BCUT2D eigenvalue weighted by atomic mass is 9.76. The van der Waals surface area contributed by atoms with Crippen LogP contribution in [0.1, 0.15) is 27.2 Å². The van der Waals surface area contributed by atoms with Crippen molar-refractivity contribution < 1.29 is 4.39 Å². The van der Waals surface area contributed by atoms with Crippen molar-refractivity contribution in [3.8, 4) is 0 Å². The standard InChI is InChI=1S/C20H21FN4O/c1-11-6-12(2)16(13(3)7-11)9-23-25-10-22-18-15-8-14(21)4-5-17(15)24-19(18)20(25)26/h4-6,8-10,12-13,16,24H,7H2,1-3H3. The summed E-state index contributed by atoms with van der Waals surface area (Å²) in [5.74, 6) is 0.775. The van der Waals surface area contributed by atoms with Crippen LogP contribution in [-0.2, 0) is 0 Å². The van der Waals surface area contributed by atoms with Crippen molar-refractivity contribution in [2.24, 2.45) is 22.9 Å². The summed E-state index contributed by atoms with van der Waals surface area (Å²) in [7, 11) is 0. The number of hydrogen-bond donors (Lipinski definition) is 1. The summed E-state index contributed by atoms with van der Waals surface area (Å²) in [4.78, 5) is 20.1. The molecule has 4 rings (SSSR count). The number of aromatic amines is 1. The maximum Gasteiger partial charge on any atom is 0.298 e. The van der Waals surface area contributed by atoms with Gasteiger partial charge in [0.1, 0.15) is 23.2 Å². The van der Waals surface area contributed by atoms with Crippen molar-refractivity contribution in [1.82, 2.24) is 14.6 Å². The topological polar surface area (TPSA) is 63.0 Å². The van der Waals surface area contributed by atoms with Gasteiger partial charge < -0.3 is 4.98 Å². The van der Waals surface area contributed by atoms with Gasteiger partial charge >= 0.3 is 0 Å². The number of nitrogens with zero attached hydrogens (tertiary/aromatic N) is 3. The molecule has 1 N–H and O–H groups in total. The molecular weight excluding hydrogens is 331 g/mol. The van der Waals surface area contributed by atoms with E-state index in [0.29, 0.717) is 33.8 Å². The zero-order chi connectivity index (χ0) is 18.4. The minimum absolute atomic E-state index is 0.276. The van der Waals surface area contributed by atoms with E-state index in [4.69, 9.17) is 0 Å². The molecule has 3 aromatic rings. The first-order valence-electron chi connectivity index (χ1n) is 8.84. The smallest absolute Gasteiger partial charge is 0.298 e. The van der Waals surface area contributed by atoms with Crippen molar-refractivity contribution in [2.75, 3.05) is 0 Å². The number of rotatable bonds is 2. The summed E-state index contributed by atoms with van der Waals surface area (Å²) in [5, 5.41) is 4.99. The molecule has 0 saturated heterocycles. The Morgan fingerprint density at radius 2 is 2.19 bits per heavy atom. The highest BCUT2D eigenvalue weighted by molar-refractivity contribution is 6.04. The minimum Gasteiger partial charge on any atom is -0.349 e. The first-order valence-corrected chi connectivity index (χ1v) is 8.84. The van der Waals surface area contributed by atoms with Gasteiger partial charge in [-0.05, 0) is 43.4 Å². The highest BCUT2D eigenvalue weighted by Gasteiger charge is 2.25. The van der Waals surface area contributed by atoms with Crippen LogP contribution < -0.4 is 5.56 Å². The Labute approximate surface area is 150 Å². The maximum atomic E-state index is 13.5. The molecule has 1 aromatic carbocycles. The number of hydrogen-bond acceptors (Lipinski definition) is 3. The molecule has 3 unspecified atom stereocenters. The van der Waals surface area contributed by atoms with E-state index in [1.165, 1.54) is 28.7 Å². The number of allylic oxidation sites excluding steroid dienone is 2. The predicted molar refractivity (Wildman–Crippen MR) is 102 cm³/mol. The Hall–Kier alpha value is -2.76. The average Bonchev–Trinajstić information content (AvgIpc) is 2.94. The molecule has 5 nitrogen and oxygen atoms in total. The van der Waals surface area contributed by atoms with E-state index in [0.717, 1.165) is 6.42 Å². The quantitative estimate of drug-likeness (QED) is 0.558. The largest absolute Gasteiger partial charge is 0.349 e. The SMILES string of the molecule is CC1=CC(C)C(C=Nn2cnc3c([nH]c4ccc(F)cc43)c2=O)C(C)C1. The fourth-order valence-corrected chi connectivity index (χ4v) is 4.02. The molecule has 0 spiro atoms. The molecule has 134 valence electrons. The van der Waals surface area contributed by atoms with Gasteiger partial charge in [0.15, 0.2) is 0 Å². The Balaban J connectivity index is 1.75. The minimum atomic E-state index is -0.356. The van der Waals surface area contributed by atoms with E-state index < -0.39 is 0 Å². The van der Waals surface area contributed by atoms with E-state index in [1.807, 2.05) is 6.21 Å².